The molecule has 0 aliphatic carbocycles. The fourth-order valence-electron chi connectivity index (χ4n) is 3.08. The van der Waals surface area contributed by atoms with Gasteiger partial charge in [0.1, 0.15) is 23.5 Å². The van der Waals surface area contributed by atoms with Gasteiger partial charge in [0.25, 0.3) is 5.91 Å². The lowest BCUT2D eigenvalue weighted by atomic mass is 10.2. The zero-order valence-electron chi connectivity index (χ0n) is 16.1. The zero-order valence-corrected chi connectivity index (χ0v) is 16.9. The van der Waals surface area contributed by atoms with Crippen LogP contribution in [-0.4, -0.2) is 50.3 Å². The molecule has 0 spiro atoms. The van der Waals surface area contributed by atoms with Gasteiger partial charge in [-0.2, -0.15) is 0 Å². The van der Waals surface area contributed by atoms with E-state index < -0.39 is 11.9 Å². The van der Waals surface area contributed by atoms with E-state index in [0.29, 0.717) is 28.9 Å². The van der Waals surface area contributed by atoms with Gasteiger partial charge < -0.3 is 15.0 Å². The Labute approximate surface area is 173 Å². The van der Waals surface area contributed by atoms with Gasteiger partial charge in [0.2, 0.25) is 5.82 Å². The lowest BCUT2D eigenvalue weighted by molar-refractivity contribution is 0.0927. The van der Waals surface area contributed by atoms with Gasteiger partial charge >= 0.3 is 0 Å². The maximum Gasteiger partial charge on any atom is 0.291 e. The number of likely N-dealkylation sites (N-methyl/N-ethyl adjacent to an activating group) is 1. The number of thiocarbonyl (C=S) groups is 1. The number of rotatable bonds is 4. The number of ether oxygens (including phenoxy) is 1. The van der Waals surface area contributed by atoms with Crippen molar-refractivity contribution in [2.75, 3.05) is 18.6 Å². The summed E-state index contributed by atoms with van der Waals surface area (Å²) in [7, 11) is 1.80. The fraction of sp³-hybridized carbons (Fsp3) is 0.250. The van der Waals surface area contributed by atoms with Crippen LogP contribution in [-0.2, 0) is 6.54 Å². The molecule has 1 aromatic carbocycles. The molecule has 1 aliphatic heterocycles. The molecule has 0 bridgehead atoms. The highest BCUT2D eigenvalue weighted by atomic mass is 32.1. The number of hydrogen-bond donors (Lipinski definition) is 1. The quantitative estimate of drug-likeness (QED) is 0.661. The van der Waals surface area contributed by atoms with Crippen molar-refractivity contribution in [3.63, 3.8) is 0 Å². The number of aryl methyl sites for hydroxylation is 1. The SMILES string of the molecule is Cc1nc(C(=O)N[C@H]2COc3cccnc3N(C)C2=S)nn1Cc1ccccc1. The van der Waals surface area contributed by atoms with E-state index in [-0.39, 0.29) is 12.4 Å². The maximum atomic E-state index is 12.8. The number of hydrogen-bond acceptors (Lipinski definition) is 6. The lowest BCUT2D eigenvalue weighted by Gasteiger charge is -2.22. The Morgan fingerprint density at radius 1 is 1.28 bits per heavy atom. The summed E-state index contributed by atoms with van der Waals surface area (Å²) in [5.74, 6) is 1.60. The molecule has 1 aliphatic rings. The molecule has 3 aromatic rings. The summed E-state index contributed by atoms with van der Waals surface area (Å²) >= 11 is 5.54. The fourth-order valence-corrected chi connectivity index (χ4v) is 3.29. The Morgan fingerprint density at radius 3 is 2.86 bits per heavy atom. The molecule has 8 nitrogen and oxygen atoms in total. The molecular weight excluding hydrogens is 388 g/mol. The van der Waals surface area contributed by atoms with Gasteiger partial charge in [-0.05, 0) is 24.6 Å². The highest BCUT2D eigenvalue weighted by Crippen LogP contribution is 2.27. The molecule has 0 saturated carbocycles. The van der Waals surface area contributed by atoms with Crippen molar-refractivity contribution in [1.29, 1.82) is 0 Å². The van der Waals surface area contributed by atoms with E-state index in [9.17, 15) is 4.79 Å². The van der Waals surface area contributed by atoms with Gasteiger partial charge in [0, 0.05) is 13.2 Å². The standard InChI is InChI=1S/C20H20N6O2S/c1-13-22-17(24-26(13)11-14-7-4-3-5-8-14)19(27)23-15-12-28-16-9-6-10-21-18(16)25(2)20(15)29/h3-10,15H,11-12H2,1-2H3,(H,23,27)/t15-/m0/s1. The first-order valence-electron chi connectivity index (χ1n) is 9.14. The second-order valence-electron chi connectivity index (χ2n) is 6.69. The number of nitrogens with one attached hydrogen (secondary N) is 1. The van der Waals surface area contributed by atoms with E-state index in [1.54, 1.807) is 28.9 Å². The summed E-state index contributed by atoms with van der Waals surface area (Å²) in [5, 5.41) is 7.24. The molecule has 4 rings (SSSR count). The molecule has 0 unspecified atom stereocenters. The van der Waals surface area contributed by atoms with E-state index >= 15 is 0 Å². The van der Waals surface area contributed by atoms with Crippen LogP contribution in [0.25, 0.3) is 0 Å². The summed E-state index contributed by atoms with van der Waals surface area (Å²) in [5.41, 5.74) is 1.08. The first kappa shape index (κ1) is 19.0. The molecule has 3 heterocycles. The van der Waals surface area contributed by atoms with Crippen molar-refractivity contribution in [2.45, 2.75) is 19.5 Å². The summed E-state index contributed by atoms with van der Waals surface area (Å²) in [6, 6.07) is 13.0. The zero-order chi connectivity index (χ0) is 20.4. The van der Waals surface area contributed by atoms with Gasteiger partial charge in [0.15, 0.2) is 11.6 Å². The Morgan fingerprint density at radius 2 is 2.07 bits per heavy atom. The smallest absolute Gasteiger partial charge is 0.291 e. The molecule has 0 saturated heterocycles. The van der Waals surface area contributed by atoms with Crippen molar-refractivity contribution >= 4 is 28.9 Å². The van der Waals surface area contributed by atoms with Gasteiger partial charge in [-0.25, -0.2) is 14.6 Å². The van der Waals surface area contributed by atoms with Gasteiger partial charge in [-0.3, -0.25) is 4.79 Å². The monoisotopic (exact) mass is 408 g/mol. The van der Waals surface area contributed by atoms with Crippen molar-refractivity contribution in [2.24, 2.45) is 0 Å². The molecule has 2 aromatic heterocycles. The summed E-state index contributed by atoms with van der Waals surface area (Å²) in [6.45, 7) is 2.57. The van der Waals surface area contributed by atoms with Gasteiger partial charge in [0.05, 0.1) is 6.54 Å². The number of pyridine rings is 1. The minimum Gasteiger partial charge on any atom is -0.487 e. The van der Waals surface area contributed by atoms with E-state index in [1.807, 2.05) is 43.3 Å². The second kappa shape index (κ2) is 7.96. The van der Waals surface area contributed by atoms with Crippen molar-refractivity contribution in [1.82, 2.24) is 25.1 Å². The molecule has 29 heavy (non-hydrogen) atoms. The predicted octanol–water partition coefficient (Wildman–Crippen LogP) is 1.98. The van der Waals surface area contributed by atoms with Gasteiger partial charge in [-0.1, -0.05) is 42.5 Å². The molecule has 0 radical (unpaired) electrons. The van der Waals surface area contributed by atoms with Crippen LogP contribution < -0.4 is 15.0 Å². The first-order valence-corrected chi connectivity index (χ1v) is 9.55. The van der Waals surface area contributed by atoms with Crippen LogP contribution in [0.15, 0.2) is 48.7 Å². The van der Waals surface area contributed by atoms with E-state index in [4.69, 9.17) is 17.0 Å². The molecule has 1 amide bonds. The molecule has 9 heteroatoms. The minimum atomic E-state index is -0.502. The molecule has 1 N–H and O–H groups in total. The molecular formula is C20H20N6O2S. The third-order valence-electron chi connectivity index (χ3n) is 4.64. The van der Waals surface area contributed by atoms with Crippen LogP contribution in [0, 0.1) is 6.92 Å². The topological polar surface area (TPSA) is 85.2 Å². The highest BCUT2D eigenvalue weighted by Gasteiger charge is 2.29. The number of nitrogens with zero attached hydrogens (tertiary/aromatic N) is 5. The number of fused-ring (bicyclic) bond motifs is 1. The van der Waals surface area contributed by atoms with Crippen molar-refractivity contribution in [3.05, 3.63) is 65.9 Å². The number of carbonyl (C=O) groups is 1. The third kappa shape index (κ3) is 3.95. The number of benzene rings is 1. The Kier molecular flexibility index (Phi) is 5.22. The van der Waals surface area contributed by atoms with E-state index in [0.717, 1.165) is 5.56 Å². The lowest BCUT2D eigenvalue weighted by Crippen LogP contribution is -2.48. The third-order valence-corrected chi connectivity index (χ3v) is 5.20. The number of carbonyl (C=O) groups excluding carboxylic acids is 1. The largest absolute Gasteiger partial charge is 0.487 e. The highest BCUT2D eigenvalue weighted by molar-refractivity contribution is 7.80. The second-order valence-corrected chi connectivity index (χ2v) is 7.10. The van der Waals surface area contributed by atoms with Crippen LogP contribution in [0.3, 0.4) is 0 Å². The van der Waals surface area contributed by atoms with Crippen molar-refractivity contribution in [3.8, 4) is 5.75 Å². The molecule has 0 fully saturated rings. The summed E-state index contributed by atoms with van der Waals surface area (Å²) < 4.78 is 7.50. The Hall–Kier alpha value is -3.33. The van der Waals surface area contributed by atoms with Crippen LogP contribution in [0.2, 0.25) is 0 Å². The average molecular weight is 408 g/mol. The number of anilines is 1. The first-order chi connectivity index (χ1) is 14.0. The van der Waals surface area contributed by atoms with E-state index in [1.165, 1.54) is 0 Å². The minimum absolute atomic E-state index is 0.101. The van der Waals surface area contributed by atoms with Crippen LogP contribution in [0.4, 0.5) is 5.82 Å². The Bertz CT molecular complexity index is 1050. The summed E-state index contributed by atoms with van der Waals surface area (Å²) in [6.07, 6.45) is 1.67. The number of amides is 1. The van der Waals surface area contributed by atoms with Crippen LogP contribution in [0.5, 0.6) is 5.75 Å². The average Bonchev–Trinajstić information content (AvgIpc) is 3.06. The Balaban J connectivity index is 1.48. The maximum absolute atomic E-state index is 12.8. The van der Waals surface area contributed by atoms with Crippen LogP contribution in [0.1, 0.15) is 22.0 Å². The van der Waals surface area contributed by atoms with Gasteiger partial charge in [-0.15, -0.1) is 5.10 Å². The van der Waals surface area contributed by atoms with E-state index in [2.05, 4.69) is 20.4 Å². The van der Waals surface area contributed by atoms with Crippen molar-refractivity contribution < 1.29 is 9.53 Å². The number of aromatic nitrogens is 4. The predicted molar refractivity (Wildman–Crippen MR) is 112 cm³/mol. The summed E-state index contributed by atoms with van der Waals surface area (Å²) in [4.78, 5) is 23.6. The molecule has 148 valence electrons. The van der Waals surface area contributed by atoms with Crippen LogP contribution >= 0.6 is 12.2 Å². The molecule has 1 atom stereocenters. The normalized spacial score (nSPS) is 16.0.